The van der Waals surface area contributed by atoms with E-state index in [1.807, 2.05) is 19.9 Å². The van der Waals surface area contributed by atoms with Crippen molar-refractivity contribution in [3.63, 3.8) is 0 Å². The van der Waals surface area contributed by atoms with Gasteiger partial charge in [0.05, 0.1) is 0 Å². The molecule has 1 aliphatic carbocycles. The summed E-state index contributed by atoms with van der Waals surface area (Å²) in [7, 11) is 0. The highest BCUT2D eigenvalue weighted by atomic mass is 16.1. The quantitative estimate of drug-likeness (QED) is 0.812. The van der Waals surface area contributed by atoms with Crippen LogP contribution in [-0.4, -0.2) is 15.8 Å². The molecule has 108 valence electrons. The van der Waals surface area contributed by atoms with Gasteiger partial charge in [-0.25, -0.2) is 9.97 Å². The van der Waals surface area contributed by atoms with Gasteiger partial charge in [0.2, 0.25) is 0 Å². The number of carbonyl (C=O) groups is 1. The second-order valence-electron chi connectivity index (χ2n) is 5.74. The summed E-state index contributed by atoms with van der Waals surface area (Å²) in [6.45, 7) is 6.13. The van der Waals surface area contributed by atoms with Crippen LogP contribution in [0.5, 0.6) is 0 Å². The first-order valence-electron chi connectivity index (χ1n) is 7.64. The smallest absolute Gasteiger partial charge is 0.155 e. The summed E-state index contributed by atoms with van der Waals surface area (Å²) in [6, 6.07) is 1.99. The Morgan fingerprint density at radius 1 is 1.30 bits per heavy atom. The van der Waals surface area contributed by atoms with Crippen molar-refractivity contribution < 1.29 is 4.79 Å². The molecule has 0 N–H and O–H groups in total. The normalized spacial score (nSPS) is 18.8. The number of allylic oxidation sites excluding steroid dienone is 2. The molecule has 0 saturated carbocycles. The fourth-order valence-corrected chi connectivity index (χ4v) is 2.75. The number of unbranched alkanes of at least 4 members (excludes halogenated alkanes) is 1. The summed E-state index contributed by atoms with van der Waals surface area (Å²) in [6.07, 6.45) is 7.75. The molecule has 20 heavy (non-hydrogen) atoms. The maximum atomic E-state index is 12.0. The van der Waals surface area contributed by atoms with Gasteiger partial charge in [-0.2, -0.15) is 0 Å². The summed E-state index contributed by atoms with van der Waals surface area (Å²) in [4.78, 5) is 21.1. The zero-order chi connectivity index (χ0) is 14.5. The van der Waals surface area contributed by atoms with Crippen molar-refractivity contribution in [2.45, 2.75) is 59.3 Å². The van der Waals surface area contributed by atoms with E-state index in [4.69, 9.17) is 0 Å². The molecular weight excluding hydrogens is 248 g/mol. The van der Waals surface area contributed by atoms with Crippen LogP contribution in [0.1, 0.15) is 62.7 Å². The minimum atomic E-state index is 0.219. The average Bonchev–Trinajstić information content (AvgIpc) is 2.44. The number of carbonyl (C=O) groups excluding carboxylic acids is 1. The standard InChI is InChI=1S/C17H24N2O/c1-4-5-6-16(20)14-7-9-15(10-8-14)17-18-12(2)11-13(3)19-17/h9,11,14H,4-8,10H2,1-3H3. The molecule has 3 heteroatoms. The molecule has 1 atom stereocenters. The first-order chi connectivity index (χ1) is 9.60. The van der Waals surface area contributed by atoms with Gasteiger partial charge < -0.3 is 0 Å². The van der Waals surface area contributed by atoms with Crippen LogP contribution >= 0.6 is 0 Å². The molecule has 1 aromatic heterocycles. The number of ketones is 1. The van der Waals surface area contributed by atoms with Gasteiger partial charge in [0.15, 0.2) is 5.82 Å². The van der Waals surface area contributed by atoms with E-state index in [0.29, 0.717) is 5.78 Å². The van der Waals surface area contributed by atoms with Crippen LogP contribution in [-0.2, 0) is 4.79 Å². The Morgan fingerprint density at radius 3 is 2.55 bits per heavy atom. The molecule has 0 amide bonds. The summed E-state index contributed by atoms with van der Waals surface area (Å²) in [5.74, 6) is 1.50. The van der Waals surface area contributed by atoms with Crippen molar-refractivity contribution in [3.05, 3.63) is 29.4 Å². The van der Waals surface area contributed by atoms with Gasteiger partial charge in [-0.15, -0.1) is 0 Å². The van der Waals surface area contributed by atoms with Crippen molar-refractivity contribution in [1.82, 2.24) is 9.97 Å². The topological polar surface area (TPSA) is 42.9 Å². The fourth-order valence-electron chi connectivity index (χ4n) is 2.75. The highest BCUT2D eigenvalue weighted by Crippen LogP contribution is 2.30. The lowest BCUT2D eigenvalue weighted by atomic mass is 9.85. The first kappa shape index (κ1) is 14.9. The predicted octanol–water partition coefficient (Wildman–Crippen LogP) is 4.04. The van der Waals surface area contributed by atoms with E-state index in [0.717, 1.165) is 55.7 Å². The third-order valence-corrected chi connectivity index (χ3v) is 3.91. The minimum Gasteiger partial charge on any atom is -0.299 e. The number of Topliss-reactive ketones (excluding diaryl/α,β-unsaturated/α-hetero) is 1. The van der Waals surface area contributed by atoms with Gasteiger partial charge >= 0.3 is 0 Å². The highest BCUT2D eigenvalue weighted by Gasteiger charge is 2.22. The molecule has 0 radical (unpaired) electrons. The fraction of sp³-hybridized carbons (Fsp3) is 0.588. The van der Waals surface area contributed by atoms with Crippen molar-refractivity contribution in [2.75, 3.05) is 0 Å². The lowest BCUT2D eigenvalue weighted by molar-refractivity contribution is -0.123. The Bertz CT molecular complexity index is 499. The van der Waals surface area contributed by atoms with Crippen LogP contribution < -0.4 is 0 Å². The third-order valence-electron chi connectivity index (χ3n) is 3.91. The number of hydrogen-bond acceptors (Lipinski definition) is 3. The van der Waals surface area contributed by atoms with Crippen LogP contribution in [0.15, 0.2) is 12.1 Å². The Labute approximate surface area is 121 Å². The van der Waals surface area contributed by atoms with Crippen LogP contribution in [0.25, 0.3) is 5.57 Å². The second kappa shape index (κ2) is 6.78. The van der Waals surface area contributed by atoms with Crippen molar-refractivity contribution in [2.24, 2.45) is 5.92 Å². The number of rotatable bonds is 5. The SMILES string of the molecule is CCCCC(=O)C1CC=C(c2nc(C)cc(C)n2)CC1. The lowest BCUT2D eigenvalue weighted by Crippen LogP contribution is -2.17. The van der Waals surface area contributed by atoms with Crippen molar-refractivity contribution in [3.8, 4) is 0 Å². The average molecular weight is 272 g/mol. The van der Waals surface area contributed by atoms with Gasteiger partial charge in [-0.1, -0.05) is 19.4 Å². The molecule has 0 bridgehead atoms. The van der Waals surface area contributed by atoms with Gasteiger partial charge in [0.1, 0.15) is 5.78 Å². The molecule has 1 aromatic rings. The Balaban J connectivity index is 2.03. The second-order valence-corrected chi connectivity index (χ2v) is 5.74. The van der Waals surface area contributed by atoms with Gasteiger partial charge in [-0.3, -0.25) is 4.79 Å². The number of hydrogen-bond donors (Lipinski definition) is 0. The molecule has 3 nitrogen and oxygen atoms in total. The molecule has 1 aliphatic rings. The van der Waals surface area contributed by atoms with Gasteiger partial charge in [-0.05, 0) is 51.2 Å². The van der Waals surface area contributed by atoms with Crippen LogP contribution in [0, 0.1) is 19.8 Å². The Kier molecular flexibility index (Phi) is 5.05. The zero-order valence-corrected chi connectivity index (χ0v) is 12.8. The monoisotopic (exact) mass is 272 g/mol. The van der Waals surface area contributed by atoms with Crippen LogP contribution in [0.4, 0.5) is 0 Å². The maximum Gasteiger partial charge on any atom is 0.155 e. The van der Waals surface area contributed by atoms with E-state index in [1.54, 1.807) is 0 Å². The summed E-state index contributed by atoms with van der Waals surface area (Å²) >= 11 is 0. The molecule has 0 saturated heterocycles. The largest absolute Gasteiger partial charge is 0.299 e. The van der Waals surface area contributed by atoms with Gasteiger partial charge in [0.25, 0.3) is 0 Å². The lowest BCUT2D eigenvalue weighted by Gasteiger charge is -2.20. The predicted molar refractivity (Wildman–Crippen MR) is 81.4 cm³/mol. The van der Waals surface area contributed by atoms with E-state index in [9.17, 15) is 4.79 Å². The number of aromatic nitrogens is 2. The van der Waals surface area contributed by atoms with E-state index in [-0.39, 0.29) is 5.92 Å². The maximum absolute atomic E-state index is 12.0. The number of aryl methyl sites for hydroxylation is 2. The molecule has 0 aromatic carbocycles. The minimum absolute atomic E-state index is 0.219. The zero-order valence-electron chi connectivity index (χ0n) is 12.8. The van der Waals surface area contributed by atoms with E-state index in [1.165, 1.54) is 5.57 Å². The van der Waals surface area contributed by atoms with Crippen molar-refractivity contribution in [1.29, 1.82) is 0 Å². The first-order valence-corrected chi connectivity index (χ1v) is 7.64. The van der Waals surface area contributed by atoms with Gasteiger partial charge in [0, 0.05) is 23.7 Å². The molecule has 1 unspecified atom stereocenters. The highest BCUT2D eigenvalue weighted by molar-refractivity contribution is 5.82. The Hall–Kier alpha value is -1.51. The molecule has 0 spiro atoms. The summed E-state index contributed by atoms with van der Waals surface area (Å²) in [5.41, 5.74) is 3.22. The molecule has 0 aliphatic heterocycles. The number of nitrogens with zero attached hydrogens (tertiary/aromatic N) is 2. The van der Waals surface area contributed by atoms with Crippen molar-refractivity contribution >= 4 is 11.4 Å². The summed E-state index contributed by atoms with van der Waals surface area (Å²) < 4.78 is 0. The van der Waals surface area contributed by atoms with Crippen LogP contribution in [0.2, 0.25) is 0 Å². The van der Waals surface area contributed by atoms with Crippen LogP contribution in [0.3, 0.4) is 0 Å². The van der Waals surface area contributed by atoms with E-state index >= 15 is 0 Å². The summed E-state index contributed by atoms with van der Waals surface area (Å²) in [5, 5.41) is 0. The molecule has 1 heterocycles. The van der Waals surface area contributed by atoms with E-state index in [2.05, 4.69) is 23.0 Å². The third kappa shape index (κ3) is 3.75. The molecular formula is C17H24N2O. The molecule has 0 fully saturated rings. The molecule has 2 rings (SSSR count). The Morgan fingerprint density at radius 2 is 2.00 bits per heavy atom. The van der Waals surface area contributed by atoms with E-state index < -0.39 is 0 Å².